The van der Waals surface area contributed by atoms with Crippen LogP contribution >= 0.6 is 11.6 Å². The number of carbonyl (C=O) groups excluding carboxylic acids is 1. The second-order valence-corrected chi connectivity index (χ2v) is 3.13. The number of ether oxygens (including phenoxy) is 1. The molecule has 1 unspecified atom stereocenters. The number of carbonyl (C=O) groups is 1. The van der Waals surface area contributed by atoms with Crippen molar-refractivity contribution in [2.24, 2.45) is 0 Å². The van der Waals surface area contributed by atoms with Gasteiger partial charge in [0.25, 0.3) is 0 Å². The van der Waals surface area contributed by atoms with Gasteiger partial charge in [-0.2, -0.15) is 0 Å². The number of Topliss-reactive ketones (excluding diaryl/α,β-unsaturated/α-hetero) is 1. The maximum absolute atomic E-state index is 10.9. The number of benzene rings is 1. The van der Waals surface area contributed by atoms with E-state index < -0.39 is 5.56 Å². The predicted molar refractivity (Wildman–Crippen MR) is 52.0 cm³/mol. The molecule has 0 amide bonds. The van der Waals surface area contributed by atoms with Crippen molar-refractivity contribution < 1.29 is 9.53 Å². The highest BCUT2D eigenvalue weighted by molar-refractivity contribution is 6.19. The summed E-state index contributed by atoms with van der Waals surface area (Å²) in [6, 6.07) is 7.06. The fourth-order valence-corrected chi connectivity index (χ4v) is 1.15. The van der Waals surface area contributed by atoms with E-state index in [-0.39, 0.29) is 5.78 Å². The summed E-state index contributed by atoms with van der Waals surface area (Å²) in [6.07, 6.45) is 0. The molecule has 70 valence electrons. The van der Waals surface area contributed by atoms with Crippen molar-refractivity contribution in [3.05, 3.63) is 35.4 Å². The van der Waals surface area contributed by atoms with Crippen molar-refractivity contribution in [2.75, 3.05) is 7.11 Å². The Bertz CT molecular complexity index is 292. The molecule has 0 saturated heterocycles. The summed E-state index contributed by atoms with van der Waals surface area (Å²) in [5.41, 5.74) is 1.10. The molecule has 1 rings (SSSR count). The smallest absolute Gasteiger partial charge is 0.159 e. The van der Waals surface area contributed by atoms with Gasteiger partial charge in [0.2, 0.25) is 0 Å². The van der Waals surface area contributed by atoms with Crippen molar-refractivity contribution >= 4 is 17.4 Å². The van der Waals surface area contributed by atoms with Crippen LogP contribution in [0.4, 0.5) is 0 Å². The first kappa shape index (κ1) is 10.2. The van der Waals surface area contributed by atoms with Gasteiger partial charge >= 0.3 is 0 Å². The van der Waals surface area contributed by atoms with Crippen LogP contribution in [0.1, 0.15) is 28.4 Å². The van der Waals surface area contributed by atoms with Crippen LogP contribution in [0.2, 0.25) is 0 Å². The first-order valence-electron chi connectivity index (χ1n) is 3.93. The van der Waals surface area contributed by atoms with Crippen molar-refractivity contribution in [1.29, 1.82) is 0 Å². The molecule has 1 aromatic carbocycles. The molecule has 0 radical (unpaired) electrons. The Morgan fingerprint density at radius 2 is 1.92 bits per heavy atom. The average Bonchev–Trinajstić information content (AvgIpc) is 2.17. The third-order valence-corrected chi connectivity index (χ3v) is 2.22. The Balaban J connectivity index is 2.87. The number of ketones is 1. The lowest BCUT2D eigenvalue weighted by Gasteiger charge is -2.07. The second-order valence-electron chi connectivity index (χ2n) is 2.73. The van der Waals surface area contributed by atoms with Gasteiger partial charge in [-0.25, -0.2) is 0 Å². The quantitative estimate of drug-likeness (QED) is 0.552. The molecule has 0 aliphatic carbocycles. The van der Waals surface area contributed by atoms with Crippen LogP contribution in [-0.2, 0) is 4.74 Å². The Labute approximate surface area is 82.5 Å². The highest BCUT2D eigenvalue weighted by Crippen LogP contribution is 2.20. The molecular formula is C10H11ClO2. The number of hydrogen-bond donors (Lipinski definition) is 0. The van der Waals surface area contributed by atoms with Gasteiger partial charge in [0.1, 0.15) is 0 Å². The number of rotatable bonds is 3. The van der Waals surface area contributed by atoms with E-state index in [0.29, 0.717) is 5.56 Å². The van der Waals surface area contributed by atoms with Crippen LogP contribution in [0.5, 0.6) is 0 Å². The topological polar surface area (TPSA) is 26.3 Å². The lowest BCUT2D eigenvalue weighted by atomic mass is 10.1. The fraction of sp³-hybridized carbons (Fsp3) is 0.300. The Morgan fingerprint density at radius 3 is 2.31 bits per heavy atom. The zero-order valence-corrected chi connectivity index (χ0v) is 8.34. The zero-order chi connectivity index (χ0) is 9.84. The zero-order valence-electron chi connectivity index (χ0n) is 7.58. The molecule has 0 aliphatic heterocycles. The summed E-state index contributed by atoms with van der Waals surface area (Å²) >= 11 is 5.82. The van der Waals surface area contributed by atoms with E-state index in [4.69, 9.17) is 16.3 Å². The van der Waals surface area contributed by atoms with Crippen LogP contribution < -0.4 is 0 Å². The third kappa shape index (κ3) is 2.54. The SMILES string of the molecule is COC(Cl)c1ccc(C(C)=O)cc1. The predicted octanol–water partition coefficient (Wildman–Crippen LogP) is 2.77. The molecule has 3 heteroatoms. The molecule has 1 atom stereocenters. The van der Waals surface area contributed by atoms with Gasteiger partial charge in [0.05, 0.1) is 0 Å². The minimum Gasteiger partial charge on any atom is -0.361 e. The van der Waals surface area contributed by atoms with E-state index >= 15 is 0 Å². The van der Waals surface area contributed by atoms with Crippen LogP contribution in [0.15, 0.2) is 24.3 Å². The first-order valence-corrected chi connectivity index (χ1v) is 4.36. The number of halogens is 1. The van der Waals surface area contributed by atoms with Gasteiger partial charge in [0, 0.05) is 12.7 Å². The van der Waals surface area contributed by atoms with E-state index in [1.54, 1.807) is 24.3 Å². The summed E-state index contributed by atoms with van der Waals surface area (Å²) in [4.78, 5) is 10.9. The lowest BCUT2D eigenvalue weighted by molar-refractivity contribution is 0.101. The Kier molecular flexibility index (Phi) is 3.46. The maximum Gasteiger partial charge on any atom is 0.159 e. The highest BCUT2D eigenvalue weighted by Gasteiger charge is 2.05. The maximum atomic E-state index is 10.9. The van der Waals surface area contributed by atoms with E-state index in [2.05, 4.69) is 0 Å². The summed E-state index contributed by atoms with van der Waals surface area (Å²) in [6.45, 7) is 1.53. The summed E-state index contributed by atoms with van der Waals surface area (Å²) in [7, 11) is 1.54. The standard InChI is InChI=1S/C10H11ClO2/c1-7(12)8-3-5-9(6-4-8)10(11)13-2/h3-6,10H,1-2H3. The molecule has 0 N–H and O–H groups in total. The minimum absolute atomic E-state index is 0.0510. The first-order chi connectivity index (χ1) is 6.15. The average molecular weight is 199 g/mol. The molecule has 2 nitrogen and oxygen atoms in total. The summed E-state index contributed by atoms with van der Waals surface area (Å²) in [5, 5.41) is 0. The van der Waals surface area contributed by atoms with Crippen LogP contribution in [0.25, 0.3) is 0 Å². The molecular weight excluding hydrogens is 188 g/mol. The van der Waals surface area contributed by atoms with Gasteiger partial charge in [-0.3, -0.25) is 4.79 Å². The second kappa shape index (κ2) is 4.40. The summed E-state index contributed by atoms with van der Waals surface area (Å²) in [5.74, 6) is 0.0510. The highest BCUT2D eigenvalue weighted by atomic mass is 35.5. The minimum atomic E-state index is -0.444. The van der Waals surface area contributed by atoms with Gasteiger partial charge in [-0.05, 0) is 12.5 Å². The van der Waals surface area contributed by atoms with E-state index in [0.717, 1.165) is 5.56 Å². The van der Waals surface area contributed by atoms with Crippen molar-refractivity contribution in [3.63, 3.8) is 0 Å². The van der Waals surface area contributed by atoms with E-state index in [1.807, 2.05) is 0 Å². The molecule has 0 heterocycles. The van der Waals surface area contributed by atoms with Crippen molar-refractivity contribution in [1.82, 2.24) is 0 Å². The number of hydrogen-bond acceptors (Lipinski definition) is 2. The number of alkyl halides is 1. The third-order valence-electron chi connectivity index (χ3n) is 1.79. The molecule has 0 aliphatic rings. The molecule has 0 fully saturated rings. The summed E-state index contributed by atoms with van der Waals surface area (Å²) < 4.78 is 4.92. The van der Waals surface area contributed by atoms with Gasteiger partial charge in [-0.1, -0.05) is 35.9 Å². The molecule has 0 aromatic heterocycles. The number of methoxy groups -OCH3 is 1. The molecule has 0 bridgehead atoms. The monoisotopic (exact) mass is 198 g/mol. The Morgan fingerprint density at radius 1 is 1.38 bits per heavy atom. The van der Waals surface area contributed by atoms with Crippen molar-refractivity contribution in [2.45, 2.75) is 12.5 Å². The molecule has 0 spiro atoms. The van der Waals surface area contributed by atoms with Crippen LogP contribution in [0, 0.1) is 0 Å². The van der Waals surface area contributed by atoms with E-state index in [1.165, 1.54) is 14.0 Å². The van der Waals surface area contributed by atoms with Crippen LogP contribution in [0.3, 0.4) is 0 Å². The fourth-order valence-electron chi connectivity index (χ4n) is 1.01. The largest absolute Gasteiger partial charge is 0.361 e. The van der Waals surface area contributed by atoms with E-state index in [9.17, 15) is 4.79 Å². The van der Waals surface area contributed by atoms with Gasteiger partial charge in [-0.15, -0.1) is 0 Å². The molecule has 1 aromatic rings. The van der Waals surface area contributed by atoms with Gasteiger partial charge < -0.3 is 4.74 Å². The molecule has 13 heavy (non-hydrogen) atoms. The Hall–Kier alpha value is -0.860. The lowest BCUT2D eigenvalue weighted by Crippen LogP contribution is -1.95. The van der Waals surface area contributed by atoms with Crippen molar-refractivity contribution in [3.8, 4) is 0 Å². The van der Waals surface area contributed by atoms with Gasteiger partial charge in [0.15, 0.2) is 11.3 Å². The molecule has 0 saturated carbocycles. The normalized spacial score (nSPS) is 12.5. The van der Waals surface area contributed by atoms with Crippen LogP contribution in [-0.4, -0.2) is 12.9 Å².